The molecule has 0 N–H and O–H groups in total. The van der Waals surface area contributed by atoms with Crippen molar-refractivity contribution in [3.05, 3.63) is 175 Å². The molecule has 0 fully saturated rings. The molecule has 0 spiro atoms. The monoisotopic (exact) mass is 876 g/mol. The van der Waals surface area contributed by atoms with Crippen molar-refractivity contribution in [1.82, 2.24) is 0 Å². The maximum Gasteiger partial charge on any atom is 0.342 e. The van der Waals surface area contributed by atoms with Crippen LogP contribution in [-0.2, 0) is 10.8 Å². The Morgan fingerprint density at radius 2 is 0.892 bits per heavy atom. The van der Waals surface area contributed by atoms with Crippen LogP contribution in [0.25, 0.3) is 63.0 Å². The summed E-state index contributed by atoms with van der Waals surface area (Å²) in [5, 5.41) is 4.73. The van der Waals surface area contributed by atoms with E-state index in [2.05, 4.69) is 215 Å². The topological polar surface area (TPSA) is 32.8 Å². The average molecular weight is 877 g/mol. The third kappa shape index (κ3) is 5.95. The van der Waals surface area contributed by atoms with Crippen LogP contribution in [0.4, 0.5) is 34.1 Å². The fourth-order valence-electron chi connectivity index (χ4n) is 10.2. The van der Waals surface area contributed by atoms with E-state index in [0.29, 0.717) is 0 Å². The van der Waals surface area contributed by atoms with Crippen molar-refractivity contribution in [3.63, 3.8) is 0 Å². The van der Waals surface area contributed by atoms with E-state index in [9.17, 15) is 0 Å². The third-order valence-corrected chi connectivity index (χ3v) is 15.9. The van der Waals surface area contributed by atoms with Gasteiger partial charge in [-0.15, -0.1) is 22.7 Å². The SMILES string of the molecule is CC(C)(C)c1ccc2oc3c(c2c1)N(c1cccc(-c2cc4ccccc4s2)c1)c1cccc2c1B3c1oc3ccc(C(C)(C)C)cc3c1N2c1cccc(-c2cc3ccccc3s2)c1. The van der Waals surface area contributed by atoms with Crippen LogP contribution in [0.1, 0.15) is 52.7 Å². The Balaban J connectivity index is 1.09. The molecular formula is C58H45BN2O2S2. The number of nitrogens with zero attached hydrogens (tertiary/aromatic N) is 2. The minimum absolute atomic E-state index is 0.0591. The van der Waals surface area contributed by atoms with E-state index >= 15 is 0 Å². The van der Waals surface area contributed by atoms with Crippen molar-refractivity contribution in [3.8, 4) is 20.9 Å². The van der Waals surface area contributed by atoms with Crippen molar-refractivity contribution in [1.29, 1.82) is 0 Å². The lowest BCUT2D eigenvalue weighted by Gasteiger charge is -2.40. The molecule has 2 aliphatic rings. The lowest BCUT2D eigenvalue weighted by molar-refractivity contribution is 0.590. The highest BCUT2D eigenvalue weighted by Crippen LogP contribution is 2.50. The Hall–Kier alpha value is -6.80. The number of thiophene rings is 2. The van der Waals surface area contributed by atoms with Gasteiger partial charge in [-0.2, -0.15) is 0 Å². The highest BCUT2D eigenvalue weighted by molar-refractivity contribution is 7.22. The second kappa shape index (κ2) is 13.9. The van der Waals surface area contributed by atoms with E-state index in [-0.39, 0.29) is 17.5 Å². The summed E-state index contributed by atoms with van der Waals surface area (Å²) in [6.07, 6.45) is 0. The van der Waals surface area contributed by atoms with Gasteiger partial charge in [0, 0.05) is 52.7 Å². The molecular weight excluding hydrogens is 832 g/mol. The lowest BCUT2D eigenvalue weighted by Crippen LogP contribution is -2.60. The maximum atomic E-state index is 7.27. The van der Waals surface area contributed by atoms with Crippen molar-refractivity contribution in [2.24, 2.45) is 0 Å². The summed E-state index contributed by atoms with van der Waals surface area (Å²) in [6.45, 7) is 13.4. The number of furan rings is 2. The molecule has 0 atom stereocenters. The van der Waals surface area contributed by atoms with Gasteiger partial charge in [0.1, 0.15) is 22.5 Å². The molecule has 314 valence electrons. The Morgan fingerprint density at radius 3 is 1.34 bits per heavy atom. The molecule has 2 aliphatic heterocycles. The first-order valence-corrected chi connectivity index (χ1v) is 24.1. The van der Waals surface area contributed by atoms with E-state index in [1.807, 2.05) is 22.7 Å². The zero-order chi connectivity index (χ0) is 43.9. The molecule has 0 saturated heterocycles. The molecule has 0 aliphatic carbocycles. The predicted molar refractivity (Wildman–Crippen MR) is 279 cm³/mol. The van der Waals surface area contributed by atoms with Gasteiger partial charge in [0.05, 0.1) is 11.4 Å². The molecule has 13 rings (SSSR count). The van der Waals surface area contributed by atoms with E-state index in [1.165, 1.54) is 52.2 Å². The first-order valence-electron chi connectivity index (χ1n) is 22.5. The van der Waals surface area contributed by atoms with Gasteiger partial charge in [-0.25, -0.2) is 0 Å². The molecule has 4 nitrogen and oxygen atoms in total. The first kappa shape index (κ1) is 38.6. The fraction of sp³-hybridized carbons (Fsp3) is 0.138. The quantitative estimate of drug-likeness (QED) is 0.165. The van der Waals surface area contributed by atoms with Crippen LogP contribution in [0.15, 0.2) is 173 Å². The smallest absolute Gasteiger partial charge is 0.342 e. The summed E-state index contributed by atoms with van der Waals surface area (Å²) in [7, 11) is 0. The van der Waals surface area contributed by atoms with Gasteiger partial charge in [-0.3, -0.25) is 0 Å². The standard InChI is InChI=1S/C58H45BN2O2S2/c1-57(2,3)38-24-26-46-42(32-38)53-55(62-46)59-52-44(60(53)40-18-11-16-34(28-40)50-30-36-14-7-9-22-48(36)64-50)20-13-21-45(52)61(54-43-33-39(58(4,5)6)25-27-47(43)63-56(54)59)41-19-12-17-35(29-41)51-31-37-15-8-10-23-49(37)65-51/h7-33H,1-6H3. The first-order chi connectivity index (χ1) is 31.5. The van der Waals surface area contributed by atoms with Crippen molar-refractivity contribution in [2.75, 3.05) is 9.80 Å². The third-order valence-electron chi connectivity index (χ3n) is 13.5. The molecule has 0 radical (unpaired) electrons. The number of anilines is 6. The Morgan fingerprint density at radius 1 is 0.446 bits per heavy atom. The summed E-state index contributed by atoms with van der Waals surface area (Å²) < 4.78 is 17.1. The lowest BCUT2D eigenvalue weighted by atomic mass is 9.37. The molecule has 11 aromatic rings. The van der Waals surface area contributed by atoms with E-state index in [1.54, 1.807) is 0 Å². The minimum Gasteiger partial charge on any atom is -0.468 e. The summed E-state index contributed by atoms with van der Waals surface area (Å²) in [6, 6.07) is 60.4. The number of rotatable bonds is 4. The Labute approximate surface area is 387 Å². The van der Waals surface area contributed by atoms with Crippen LogP contribution < -0.4 is 26.6 Å². The van der Waals surface area contributed by atoms with Gasteiger partial charge >= 0.3 is 6.71 Å². The molecule has 0 saturated carbocycles. The van der Waals surface area contributed by atoms with E-state index < -0.39 is 0 Å². The van der Waals surface area contributed by atoms with Gasteiger partial charge in [-0.05, 0) is 134 Å². The predicted octanol–water partition coefficient (Wildman–Crippen LogP) is 15.6. The second-order valence-corrected chi connectivity index (χ2v) is 21.9. The molecule has 0 bridgehead atoms. The summed E-state index contributed by atoms with van der Waals surface area (Å²) in [5.74, 6) is 0. The number of benzene rings is 7. The second-order valence-electron chi connectivity index (χ2n) is 19.8. The molecule has 7 aromatic carbocycles. The normalized spacial score (nSPS) is 13.6. The summed E-state index contributed by atoms with van der Waals surface area (Å²) >= 11 is 3.68. The zero-order valence-corrected chi connectivity index (χ0v) is 38.8. The summed E-state index contributed by atoms with van der Waals surface area (Å²) in [4.78, 5) is 7.43. The van der Waals surface area contributed by atoms with Gasteiger partial charge < -0.3 is 18.6 Å². The van der Waals surface area contributed by atoms with Crippen LogP contribution in [0.3, 0.4) is 0 Å². The molecule has 7 heteroatoms. The number of fused-ring (bicyclic) bond motifs is 10. The van der Waals surface area contributed by atoms with Crippen LogP contribution >= 0.6 is 22.7 Å². The molecule has 0 unspecified atom stereocenters. The van der Waals surface area contributed by atoms with Crippen molar-refractivity contribution in [2.45, 2.75) is 52.4 Å². The fourth-order valence-corrected chi connectivity index (χ4v) is 12.3. The highest BCUT2D eigenvalue weighted by Gasteiger charge is 2.50. The number of hydrogen-bond acceptors (Lipinski definition) is 6. The van der Waals surface area contributed by atoms with Crippen LogP contribution in [-0.4, -0.2) is 6.71 Å². The highest BCUT2D eigenvalue weighted by atomic mass is 32.1. The van der Waals surface area contributed by atoms with Crippen molar-refractivity contribution < 1.29 is 8.83 Å². The van der Waals surface area contributed by atoms with Crippen molar-refractivity contribution >= 4 is 122 Å². The van der Waals surface area contributed by atoms with Crippen LogP contribution in [0.5, 0.6) is 0 Å². The van der Waals surface area contributed by atoms with E-state index in [4.69, 9.17) is 8.83 Å². The minimum atomic E-state index is -0.300. The van der Waals surface area contributed by atoms with Gasteiger partial charge in [-0.1, -0.05) is 120 Å². The maximum absolute atomic E-state index is 7.27. The average Bonchev–Trinajstić information content (AvgIpc) is 4.11. The molecule has 65 heavy (non-hydrogen) atoms. The zero-order valence-electron chi connectivity index (χ0n) is 37.2. The number of hydrogen-bond donors (Lipinski definition) is 0. The largest absolute Gasteiger partial charge is 0.468 e. The molecule has 6 heterocycles. The Bertz CT molecular complexity index is 3430. The van der Waals surface area contributed by atoms with Gasteiger partial charge in [0.2, 0.25) is 0 Å². The van der Waals surface area contributed by atoms with Crippen LogP contribution in [0, 0.1) is 0 Å². The van der Waals surface area contributed by atoms with Crippen LogP contribution in [0.2, 0.25) is 0 Å². The van der Waals surface area contributed by atoms with E-state index in [0.717, 1.165) is 72.8 Å². The molecule has 4 aromatic heterocycles. The van der Waals surface area contributed by atoms with Gasteiger partial charge in [0.25, 0.3) is 0 Å². The summed E-state index contributed by atoms with van der Waals surface area (Å²) in [5.41, 5.74) is 16.0. The Kier molecular flexibility index (Phi) is 8.24. The molecule has 0 amide bonds. The van der Waals surface area contributed by atoms with Gasteiger partial charge in [0.15, 0.2) is 0 Å².